The minimum Gasteiger partial charge on any atom is -0.476 e. The van der Waals surface area contributed by atoms with E-state index in [0.29, 0.717) is 23.6 Å². The van der Waals surface area contributed by atoms with E-state index in [9.17, 15) is 14.4 Å². The summed E-state index contributed by atoms with van der Waals surface area (Å²) in [7, 11) is 0. The Kier molecular flexibility index (Phi) is 6.57. The lowest BCUT2D eigenvalue weighted by Gasteiger charge is -2.36. The second-order valence-corrected chi connectivity index (χ2v) is 8.54. The minimum atomic E-state index is -1.28. The van der Waals surface area contributed by atoms with Crippen molar-refractivity contribution in [3.8, 4) is 0 Å². The number of primary amides is 1. The third-order valence-corrected chi connectivity index (χ3v) is 5.79. The van der Waals surface area contributed by atoms with Crippen molar-refractivity contribution >= 4 is 17.7 Å². The van der Waals surface area contributed by atoms with Crippen molar-refractivity contribution in [2.24, 2.45) is 11.7 Å². The normalized spacial score (nSPS) is 20.3. The molecule has 0 aromatic heterocycles. The smallest absolute Gasteiger partial charge is 0.349 e. The molecule has 0 bridgehead atoms. The van der Waals surface area contributed by atoms with Crippen LogP contribution in [0.25, 0.3) is 0 Å². The van der Waals surface area contributed by atoms with Crippen LogP contribution in [0.1, 0.15) is 40.2 Å². The fraction of sp³-hybridized carbons (Fsp3) is 0.400. The quantitative estimate of drug-likeness (QED) is 0.495. The predicted octanol–water partition coefficient (Wildman–Crippen LogP) is 3.02. The summed E-state index contributed by atoms with van der Waals surface area (Å²) in [5.74, 6) is -1.92. The van der Waals surface area contributed by atoms with Crippen LogP contribution in [0.3, 0.4) is 0 Å². The highest BCUT2D eigenvalue weighted by molar-refractivity contribution is 6.43. The molecule has 1 aromatic carbocycles. The van der Waals surface area contributed by atoms with E-state index in [1.165, 1.54) is 0 Å². The lowest BCUT2D eigenvalue weighted by atomic mass is 9.85. The van der Waals surface area contributed by atoms with Gasteiger partial charge in [-0.2, -0.15) is 0 Å². The van der Waals surface area contributed by atoms with Crippen molar-refractivity contribution in [3.63, 3.8) is 0 Å². The molecule has 1 aromatic rings. The number of nitrogens with zero attached hydrogens (tertiary/aromatic N) is 1. The summed E-state index contributed by atoms with van der Waals surface area (Å²) in [5.41, 5.74) is 6.65. The van der Waals surface area contributed by atoms with E-state index < -0.39 is 23.3 Å². The Hall–Kier alpha value is -3.35. The number of carbonyl (C=O) groups excluding carboxylic acids is 3. The summed E-state index contributed by atoms with van der Waals surface area (Å²) in [6, 6.07) is 9.63. The van der Waals surface area contributed by atoms with E-state index >= 15 is 0 Å². The molecule has 0 saturated carbocycles. The first-order valence-corrected chi connectivity index (χ1v) is 10.7. The van der Waals surface area contributed by atoms with Crippen LogP contribution < -0.4 is 5.73 Å². The molecule has 0 fully saturated rings. The Morgan fingerprint density at radius 2 is 1.81 bits per heavy atom. The third-order valence-electron chi connectivity index (χ3n) is 5.79. The summed E-state index contributed by atoms with van der Waals surface area (Å²) < 4.78 is 11.3. The van der Waals surface area contributed by atoms with Gasteiger partial charge in [-0.25, -0.2) is 4.79 Å². The molecule has 1 aliphatic carbocycles. The molecule has 1 amide bonds. The fourth-order valence-electron chi connectivity index (χ4n) is 4.22. The molecule has 3 rings (SSSR count). The number of ether oxygens (including phenoxy) is 2. The van der Waals surface area contributed by atoms with Crippen molar-refractivity contribution < 1.29 is 23.9 Å². The number of rotatable bonds is 8. The van der Waals surface area contributed by atoms with Gasteiger partial charge in [0.1, 0.15) is 5.76 Å². The molecule has 2 aliphatic rings. The van der Waals surface area contributed by atoms with Crippen molar-refractivity contribution in [3.05, 3.63) is 70.6 Å². The van der Waals surface area contributed by atoms with Gasteiger partial charge in [0, 0.05) is 17.8 Å². The van der Waals surface area contributed by atoms with E-state index in [0.717, 1.165) is 5.56 Å². The van der Waals surface area contributed by atoms with Gasteiger partial charge in [0.05, 0.1) is 18.2 Å². The van der Waals surface area contributed by atoms with Crippen LogP contribution in [-0.2, 0) is 30.4 Å². The van der Waals surface area contributed by atoms with Crippen molar-refractivity contribution in [1.82, 2.24) is 4.90 Å². The minimum absolute atomic E-state index is 0.0277. The number of benzene rings is 1. The molecular weight excluding hydrogens is 408 g/mol. The highest BCUT2D eigenvalue weighted by Gasteiger charge is 2.45. The summed E-state index contributed by atoms with van der Waals surface area (Å²) >= 11 is 0. The second-order valence-electron chi connectivity index (χ2n) is 8.54. The Morgan fingerprint density at radius 3 is 2.41 bits per heavy atom. The van der Waals surface area contributed by atoms with Gasteiger partial charge in [0.2, 0.25) is 0 Å². The molecule has 32 heavy (non-hydrogen) atoms. The molecule has 2 atom stereocenters. The van der Waals surface area contributed by atoms with Crippen LogP contribution in [-0.4, -0.2) is 40.8 Å². The number of nitrogens with two attached hydrogens (primary N) is 1. The third kappa shape index (κ3) is 4.33. The Morgan fingerprint density at radius 1 is 1.16 bits per heavy atom. The molecule has 7 nitrogen and oxygen atoms in total. The molecule has 1 aliphatic heterocycles. The van der Waals surface area contributed by atoms with Crippen LogP contribution in [0.5, 0.6) is 0 Å². The Balaban J connectivity index is 2.12. The first-order valence-electron chi connectivity index (χ1n) is 10.7. The number of amides is 1. The maximum atomic E-state index is 12.9. The van der Waals surface area contributed by atoms with Crippen LogP contribution in [0.15, 0.2) is 65.1 Å². The van der Waals surface area contributed by atoms with E-state index in [1.807, 2.05) is 50.3 Å². The molecule has 0 spiro atoms. The van der Waals surface area contributed by atoms with Gasteiger partial charge in [0.15, 0.2) is 5.60 Å². The molecule has 1 heterocycles. The summed E-state index contributed by atoms with van der Waals surface area (Å²) in [6.07, 6.45) is 3.73. The van der Waals surface area contributed by atoms with Crippen molar-refractivity contribution in [2.75, 3.05) is 6.61 Å². The largest absolute Gasteiger partial charge is 0.476 e. The van der Waals surface area contributed by atoms with Gasteiger partial charge in [-0.15, -0.1) is 0 Å². The lowest BCUT2D eigenvalue weighted by molar-refractivity contribution is -0.163. The van der Waals surface area contributed by atoms with Crippen molar-refractivity contribution in [1.29, 1.82) is 0 Å². The second kappa shape index (κ2) is 9.02. The Bertz CT molecular complexity index is 1020. The van der Waals surface area contributed by atoms with E-state index in [2.05, 4.69) is 4.90 Å². The lowest BCUT2D eigenvalue weighted by Crippen LogP contribution is -2.40. The number of fused-ring (bicyclic) bond motifs is 1. The van der Waals surface area contributed by atoms with Crippen molar-refractivity contribution in [2.45, 2.75) is 52.8 Å². The standard InChI is InChI=1S/C25H30N2O5/c1-6-31-24(30)25(4,5)32-18-13-12-15(2)21-20(18)19(22(28)23(26)29)16(3)27(21)14-17-10-8-7-9-11-17/h7-13,15,21H,6,14H2,1-5H3,(H2,26,29). The number of esters is 1. The zero-order chi connectivity index (χ0) is 23.6. The highest BCUT2D eigenvalue weighted by atomic mass is 16.6. The number of Topliss-reactive ketones (excluding diaryl/α,β-unsaturated/α-hetero) is 1. The highest BCUT2D eigenvalue weighted by Crippen LogP contribution is 2.44. The summed E-state index contributed by atoms with van der Waals surface area (Å²) in [5, 5.41) is 0. The SMILES string of the molecule is CCOC(=O)C(C)(C)OC1=C2C(C(=O)C(N)=O)=C(C)N(Cc3ccccc3)C2C(C)C=C1. The van der Waals surface area contributed by atoms with Gasteiger partial charge in [-0.3, -0.25) is 9.59 Å². The number of hydrogen-bond donors (Lipinski definition) is 1. The van der Waals surface area contributed by atoms with E-state index in [1.54, 1.807) is 26.8 Å². The van der Waals surface area contributed by atoms with Gasteiger partial charge in [-0.05, 0) is 45.3 Å². The van der Waals surface area contributed by atoms with Gasteiger partial charge in [-0.1, -0.05) is 43.3 Å². The molecule has 170 valence electrons. The van der Waals surface area contributed by atoms with Gasteiger partial charge in [0.25, 0.3) is 11.7 Å². The number of ketones is 1. The predicted molar refractivity (Wildman–Crippen MR) is 120 cm³/mol. The molecule has 2 unspecified atom stereocenters. The molecule has 2 N–H and O–H groups in total. The zero-order valence-corrected chi connectivity index (χ0v) is 19.2. The molecule has 0 radical (unpaired) electrons. The fourth-order valence-corrected chi connectivity index (χ4v) is 4.22. The monoisotopic (exact) mass is 438 g/mol. The maximum Gasteiger partial charge on any atom is 0.349 e. The number of carbonyl (C=O) groups is 3. The van der Waals surface area contributed by atoms with Crippen LogP contribution in [0, 0.1) is 5.92 Å². The van der Waals surface area contributed by atoms with Gasteiger partial charge >= 0.3 is 5.97 Å². The van der Waals surface area contributed by atoms with Crippen LogP contribution >= 0.6 is 0 Å². The summed E-state index contributed by atoms with van der Waals surface area (Å²) in [4.78, 5) is 39.3. The Labute approximate surface area is 188 Å². The number of allylic oxidation sites excluding steroid dienone is 2. The zero-order valence-electron chi connectivity index (χ0n) is 19.2. The summed E-state index contributed by atoms with van der Waals surface area (Å²) in [6.45, 7) is 9.57. The van der Waals surface area contributed by atoms with E-state index in [4.69, 9.17) is 15.2 Å². The number of hydrogen-bond acceptors (Lipinski definition) is 6. The molecule has 7 heteroatoms. The molecule has 0 saturated heterocycles. The average molecular weight is 439 g/mol. The van der Waals surface area contributed by atoms with Crippen LogP contribution in [0.4, 0.5) is 0 Å². The van der Waals surface area contributed by atoms with Crippen LogP contribution in [0.2, 0.25) is 0 Å². The molecular formula is C25H30N2O5. The average Bonchev–Trinajstić information content (AvgIpc) is 3.03. The van der Waals surface area contributed by atoms with E-state index in [-0.39, 0.29) is 24.1 Å². The van der Waals surface area contributed by atoms with Gasteiger partial charge < -0.3 is 20.1 Å². The first kappa shape index (κ1) is 23.3. The first-order chi connectivity index (χ1) is 15.1. The topological polar surface area (TPSA) is 98.9 Å². The maximum absolute atomic E-state index is 12.9.